The van der Waals surface area contributed by atoms with Gasteiger partial charge in [0.2, 0.25) is 0 Å². The summed E-state index contributed by atoms with van der Waals surface area (Å²) >= 11 is 0. The van der Waals surface area contributed by atoms with Gasteiger partial charge in [-0.05, 0) is 6.07 Å². The Morgan fingerprint density at radius 1 is 1.62 bits per heavy atom. The molecule has 0 bridgehead atoms. The molecule has 0 atom stereocenters. The van der Waals surface area contributed by atoms with Crippen molar-refractivity contribution in [1.29, 1.82) is 0 Å². The van der Waals surface area contributed by atoms with E-state index in [1.54, 1.807) is 6.07 Å². The number of nitrogens with two attached hydrogens (primary N) is 1. The van der Waals surface area contributed by atoms with Gasteiger partial charge in [-0.1, -0.05) is 0 Å². The number of hydrogen-bond donors (Lipinski definition) is 3. The summed E-state index contributed by atoms with van der Waals surface area (Å²) in [5.41, 5.74) is 5.69. The molecule has 0 aliphatic heterocycles. The van der Waals surface area contributed by atoms with E-state index in [0.717, 1.165) is 0 Å². The van der Waals surface area contributed by atoms with Gasteiger partial charge in [-0.15, -0.1) is 0 Å². The number of primary amides is 1. The molecule has 0 radical (unpaired) electrons. The van der Waals surface area contributed by atoms with Gasteiger partial charge in [-0.3, -0.25) is 4.79 Å². The lowest BCUT2D eigenvalue weighted by Crippen LogP contribution is -2.13. The van der Waals surface area contributed by atoms with Gasteiger partial charge in [0, 0.05) is 17.8 Å². The second-order valence-electron chi connectivity index (χ2n) is 2.62. The van der Waals surface area contributed by atoms with Crippen molar-refractivity contribution < 1.29 is 9.90 Å². The molecule has 66 valence electrons. The van der Waals surface area contributed by atoms with Crippen molar-refractivity contribution in [2.75, 3.05) is 0 Å². The molecule has 4 N–H and O–H groups in total. The minimum Gasteiger partial charge on any atom is -0.506 e. The smallest absolute Gasteiger partial charge is 0.269 e. The average Bonchev–Trinajstić information content (AvgIpc) is 2.48. The zero-order valence-electron chi connectivity index (χ0n) is 6.61. The van der Waals surface area contributed by atoms with Gasteiger partial charge in [-0.2, -0.15) is 0 Å². The molecule has 0 saturated heterocycles. The summed E-state index contributed by atoms with van der Waals surface area (Å²) in [6.07, 6.45) is 2.81. The minimum absolute atomic E-state index is 0.0832. The molecule has 13 heavy (non-hydrogen) atoms. The Bertz CT molecular complexity index is 475. The van der Waals surface area contributed by atoms with E-state index in [1.165, 1.54) is 12.4 Å². The minimum atomic E-state index is -0.618. The van der Waals surface area contributed by atoms with Crippen LogP contribution in [0.4, 0.5) is 0 Å². The van der Waals surface area contributed by atoms with Crippen molar-refractivity contribution in [1.82, 2.24) is 9.97 Å². The number of hydrogen-bond acceptors (Lipinski definition) is 3. The fourth-order valence-corrected chi connectivity index (χ4v) is 1.23. The van der Waals surface area contributed by atoms with Crippen LogP contribution < -0.4 is 5.73 Å². The van der Waals surface area contributed by atoms with Crippen molar-refractivity contribution in [2.45, 2.75) is 0 Å². The van der Waals surface area contributed by atoms with Crippen molar-refractivity contribution >= 4 is 16.8 Å². The normalized spacial score (nSPS) is 10.5. The standard InChI is InChI=1S/C8H7N3O2/c9-8(13)7-6-4(1-2-10-7)5(12)3-11-6/h1-3,11-12H,(H2,9,13). The number of fused-ring (bicyclic) bond motifs is 1. The van der Waals surface area contributed by atoms with E-state index in [2.05, 4.69) is 9.97 Å². The van der Waals surface area contributed by atoms with E-state index in [9.17, 15) is 9.90 Å². The third-order valence-electron chi connectivity index (χ3n) is 1.81. The first-order chi connectivity index (χ1) is 6.20. The third kappa shape index (κ3) is 1.01. The van der Waals surface area contributed by atoms with Crippen LogP contribution in [0.5, 0.6) is 5.75 Å². The zero-order valence-corrected chi connectivity index (χ0v) is 6.61. The van der Waals surface area contributed by atoms with Crippen LogP contribution in [0.15, 0.2) is 18.5 Å². The van der Waals surface area contributed by atoms with Gasteiger partial charge in [0.05, 0.1) is 5.52 Å². The molecule has 2 aromatic rings. The highest BCUT2D eigenvalue weighted by molar-refractivity contribution is 6.04. The van der Waals surface area contributed by atoms with E-state index >= 15 is 0 Å². The summed E-state index contributed by atoms with van der Waals surface area (Å²) in [4.78, 5) is 17.4. The largest absolute Gasteiger partial charge is 0.506 e. The summed E-state index contributed by atoms with van der Waals surface area (Å²) in [5, 5.41) is 9.85. The Hall–Kier alpha value is -2.04. The molecule has 0 aliphatic carbocycles. The quantitative estimate of drug-likeness (QED) is 0.587. The first kappa shape index (κ1) is 7.60. The molecule has 0 saturated carbocycles. The molecule has 0 unspecified atom stereocenters. The van der Waals surface area contributed by atoms with Crippen molar-refractivity contribution in [3.8, 4) is 5.75 Å². The molecule has 2 aromatic heterocycles. The van der Waals surface area contributed by atoms with Crippen LogP contribution >= 0.6 is 0 Å². The highest BCUT2D eigenvalue weighted by Crippen LogP contribution is 2.24. The lowest BCUT2D eigenvalue weighted by molar-refractivity contribution is 0.0997. The molecule has 1 amide bonds. The number of nitrogens with one attached hydrogen (secondary N) is 1. The number of aromatic amines is 1. The number of pyridine rings is 1. The maximum absolute atomic E-state index is 10.9. The summed E-state index contributed by atoms with van der Waals surface area (Å²) in [6.45, 7) is 0. The second-order valence-corrected chi connectivity index (χ2v) is 2.62. The monoisotopic (exact) mass is 177 g/mol. The molecular weight excluding hydrogens is 170 g/mol. The van der Waals surface area contributed by atoms with Crippen LogP contribution in [0.2, 0.25) is 0 Å². The van der Waals surface area contributed by atoms with Gasteiger partial charge >= 0.3 is 0 Å². The topological polar surface area (TPSA) is 92.0 Å². The number of carbonyl (C=O) groups excluding carboxylic acids is 1. The van der Waals surface area contributed by atoms with Gasteiger partial charge in [0.15, 0.2) is 5.69 Å². The Kier molecular flexibility index (Phi) is 1.45. The first-order valence-corrected chi connectivity index (χ1v) is 3.65. The van der Waals surface area contributed by atoms with E-state index in [-0.39, 0.29) is 11.4 Å². The van der Waals surface area contributed by atoms with Crippen LogP contribution in [0, 0.1) is 0 Å². The highest BCUT2D eigenvalue weighted by atomic mass is 16.3. The number of aromatic nitrogens is 2. The number of H-pyrrole nitrogens is 1. The third-order valence-corrected chi connectivity index (χ3v) is 1.81. The zero-order chi connectivity index (χ0) is 9.42. The van der Waals surface area contributed by atoms with Gasteiger partial charge < -0.3 is 15.8 Å². The number of amides is 1. The molecule has 5 nitrogen and oxygen atoms in total. The number of aromatic hydroxyl groups is 1. The maximum atomic E-state index is 10.9. The van der Waals surface area contributed by atoms with E-state index < -0.39 is 5.91 Å². The van der Waals surface area contributed by atoms with Crippen LogP contribution in [0.1, 0.15) is 10.5 Å². The van der Waals surface area contributed by atoms with Crippen molar-refractivity contribution in [3.05, 3.63) is 24.2 Å². The molecule has 5 heteroatoms. The molecule has 0 spiro atoms. The van der Waals surface area contributed by atoms with Crippen LogP contribution in [-0.2, 0) is 0 Å². The second kappa shape index (κ2) is 2.48. The Morgan fingerprint density at radius 3 is 3.08 bits per heavy atom. The Morgan fingerprint density at radius 2 is 2.38 bits per heavy atom. The van der Waals surface area contributed by atoms with Gasteiger partial charge in [0.1, 0.15) is 5.75 Å². The summed E-state index contributed by atoms with van der Waals surface area (Å²) < 4.78 is 0. The van der Waals surface area contributed by atoms with Crippen LogP contribution in [0.3, 0.4) is 0 Å². The Labute approximate surface area is 73.2 Å². The molecule has 2 rings (SSSR count). The van der Waals surface area contributed by atoms with Crippen LogP contribution in [-0.4, -0.2) is 21.0 Å². The molecule has 0 aromatic carbocycles. The predicted molar refractivity (Wildman–Crippen MR) is 46.3 cm³/mol. The lowest BCUT2D eigenvalue weighted by Gasteiger charge is -1.95. The Balaban J connectivity index is 2.84. The average molecular weight is 177 g/mol. The summed E-state index contributed by atoms with van der Waals surface area (Å²) in [7, 11) is 0. The predicted octanol–water partition coefficient (Wildman–Crippen LogP) is 0.367. The van der Waals surface area contributed by atoms with E-state index in [4.69, 9.17) is 5.73 Å². The van der Waals surface area contributed by atoms with Crippen LogP contribution in [0.25, 0.3) is 10.9 Å². The maximum Gasteiger partial charge on any atom is 0.269 e. The number of rotatable bonds is 1. The molecule has 2 heterocycles. The van der Waals surface area contributed by atoms with Crippen molar-refractivity contribution in [3.63, 3.8) is 0 Å². The summed E-state index contributed by atoms with van der Waals surface area (Å²) in [6, 6.07) is 1.60. The fourth-order valence-electron chi connectivity index (χ4n) is 1.23. The van der Waals surface area contributed by atoms with Crippen molar-refractivity contribution in [2.24, 2.45) is 5.73 Å². The summed E-state index contributed by atoms with van der Waals surface area (Å²) in [5.74, 6) is -0.535. The SMILES string of the molecule is NC(=O)c1nccc2c(O)c[nH]c12. The van der Waals surface area contributed by atoms with E-state index in [0.29, 0.717) is 10.9 Å². The number of carbonyl (C=O) groups is 1. The lowest BCUT2D eigenvalue weighted by atomic mass is 10.2. The van der Waals surface area contributed by atoms with E-state index in [1.807, 2.05) is 0 Å². The highest BCUT2D eigenvalue weighted by Gasteiger charge is 2.10. The van der Waals surface area contributed by atoms with Gasteiger partial charge in [-0.25, -0.2) is 4.98 Å². The molecular formula is C8H7N3O2. The first-order valence-electron chi connectivity index (χ1n) is 3.65. The molecule has 0 aliphatic rings. The van der Waals surface area contributed by atoms with Gasteiger partial charge in [0.25, 0.3) is 5.91 Å². The number of nitrogens with zero attached hydrogens (tertiary/aromatic N) is 1. The fraction of sp³-hybridized carbons (Fsp3) is 0. The molecule has 0 fully saturated rings.